The van der Waals surface area contributed by atoms with Crippen LogP contribution in [0.5, 0.6) is 0 Å². The molecule has 0 fully saturated rings. The van der Waals surface area contributed by atoms with Gasteiger partial charge < -0.3 is 4.98 Å². The molecule has 6 rings (SSSR count). The largest absolute Gasteiger partial charge is 0 e. The van der Waals surface area contributed by atoms with E-state index in [4.69, 9.17) is 8.22 Å². The number of hydrogen-bond acceptors (Lipinski definition) is 3. The monoisotopic (exact) mass is 833 g/mol. The second-order valence-corrected chi connectivity index (χ2v) is 24.0. The van der Waals surface area contributed by atoms with E-state index in [9.17, 15) is 4.39 Å². The summed E-state index contributed by atoms with van der Waals surface area (Å²) in [6, 6.07) is 25.6. The normalized spacial score (nSPS) is 14.3. The van der Waals surface area contributed by atoms with Crippen LogP contribution < -0.4 is 4.40 Å². The van der Waals surface area contributed by atoms with Gasteiger partial charge in [0.25, 0.3) is 0 Å². The molecule has 0 aliphatic heterocycles. The molecule has 0 bridgehead atoms. The Bertz CT molecular complexity index is 2100. The molecule has 0 unspecified atom stereocenters. The average Bonchev–Trinajstić information content (AvgIpc) is 3.40. The number of rotatable bonds is 3. The van der Waals surface area contributed by atoms with Crippen molar-refractivity contribution in [3.05, 3.63) is 114 Å². The predicted octanol–water partition coefficient (Wildman–Crippen LogP) is 10.1. The van der Waals surface area contributed by atoms with Gasteiger partial charge in [0, 0.05) is 36.4 Å². The van der Waals surface area contributed by atoms with Crippen LogP contribution in [0.1, 0.15) is 45.7 Å². The summed E-state index contributed by atoms with van der Waals surface area (Å²) in [6.45, 7) is 2.17. The first kappa shape index (κ1) is 25.6. The summed E-state index contributed by atoms with van der Waals surface area (Å²) in [5.41, 5.74) is 4.73. The Labute approximate surface area is 284 Å². The molecule has 3 aromatic carbocycles. The summed E-state index contributed by atoms with van der Waals surface area (Å²) in [4.78, 5) is 8.95. The summed E-state index contributed by atoms with van der Waals surface area (Å²) in [5, 5.41) is 1.63. The molecule has 3 aromatic heterocycles. The average molecular weight is 832 g/mol. The third-order valence-electron chi connectivity index (χ3n) is 7.09. The quantitative estimate of drug-likeness (QED) is 0.131. The molecule has 43 heavy (non-hydrogen) atoms. The Hall–Kier alpha value is -2.70. The van der Waals surface area contributed by atoms with E-state index in [0.29, 0.717) is 22.2 Å². The zero-order chi connectivity index (χ0) is 35.2. The first-order valence-electron chi connectivity index (χ1n) is 16.8. The fraction of sp³-hybridized carbons (Fsp3) is 0.243. The van der Waals surface area contributed by atoms with Gasteiger partial charge in [-0.05, 0) is 39.6 Å². The Morgan fingerprint density at radius 1 is 0.930 bits per heavy atom. The van der Waals surface area contributed by atoms with E-state index < -0.39 is 27.0 Å². The van der Waals surface area contributed by atoms with Crippen molar-refractivity contribution in [3.8, 4) is 22.5 Å². The molecule has 6 heteroatoms. The summed E-state index contributed by atoms with van der Waals surface area (Å²) >= 11 is -0.781. The molecule has 0 amide bonds. The molecule has 2 nitrogen and oxygen atoms in total. The Kier molecular flexibility index (Phi) is 7.81. The molecule has 223 valence electrons. The van der Waals surface area contributed by atoms with E-state index in [1.54, 1.807) is 35.7 Å². The number of fused-ring (bicyclic) bond motifs is 3. The Morgan fingerprint density at radius 2 is 1.74 bits per heavy atom. The van der Waals surface area contributed by atoms with Crippen molar-refractivity contribution in [2.24, 2.45) is 0 Å². The predicted molar refractivity (Wildman–Crippen MR) is 181 cm³/mol. The van der Waals surface area contributed by atoms with Crippen LogP contribution in [0.2, 0.25) is 17.3 Å². The Morgan fingerprint density at radius 3 is 2.42 bits per heavy atom. The minimum absolute atomic E-state index is 0. The number of pyridine rings is 2. The first-order chi connectivity index (χ1) is 22.2. The van der Waals surface area contributed by atoms with Crippen molar-refractivity contribution in [2.75, 3.05) is 0 Å². The van der Waals surface area contributed by atoms with Gasteiger partial charge in [0.2, 0.25) is 0 Å². The molecule has 0 atom stereocenters. The Balaban J connectivity index is 0.000000216. The van der Waals surface area contributed by atoms with Gasteiger partial charge in [-0.15, -0.1) is 23.8 Å². The van der Waals surface area contributed by atoms with E-state index in [-0.39, 0.29) is 36.9 Å². The third kappa shape index (κ3) is 7.34. The van der Waals surface area contributed by atoms with Crippen LogP contribution in [0.25, 0.3) is 42.7 Å². The number of aryl methyl sites for hydroxylation is 2. The zero-order valence-corrected chi connectivity index (χ0v) is 30.3. The molecule has 0 spiro atoms. The van der Waals surface area contributed by atoms with Gasteiger partial charge in [0.05, 0.1) is 0 Å². The molecule has 0 aliphatic rings. The van der Waals surface area contributed by atoms with E-state index in [0.717, 1.165) is 30.4 Å². The van der Waals surface area contributed by atoms with Gasteiger partial charge >= 0.3 is 121 Å². The first-order valence-corrected chi connectivity index (χ1v) is 21.9. The van der Waals surface area contributed by atoms with Crippen molar-refractivity contribution < 1.29 is 32.7 Å². The molecule has 0 saturated heterocycles. The van der Waals surface area contributed by atoms with Crippen LogP contribution >= 0.6 is 11.3 Å². The number of nitrogens with zero attached hydrogens (tertiary/aromatic N) is 2. The second-order valence-electron chi connectivity index (χ2n) is 12.3. The second kappa shape index (κ2) is 13.1. The van der Waals surface area contributed by atoms with Gasteiger partial charge in [-0.3, -0.25) is 0 Å². The van der Waals surface area contributed by atoms with Crippen molar-refractivity contribution in [2.45, 2.75) is 57.2 Å². The number of hydrogen-bond donors (Lipinski definition) is 0. The SMILES string of the molecule is CC(C)(C)c1ccnc(-c2[c-]ccc3c2sc2cccc(F)c23)c1.[2H]C([2H])([2H])c1c[c-]c(-c2cc(C([2H])([2H])[2H])[c]([Ge]([CH3])([CH3])[CH3])cn2)cc1.[Ir]. The van der Waals surface area contributed by atoms with Crippen LogP contribution in [-0.2, 0) is 25.5 Å². The molecule has 0 aliphatic carbocycles. The maximum atomic E-state index is 14.3. The van der Waals surface area contributed by atoms with Gasteiger partial charge in [0.15, 0.2) is 0 Å². The van der Waals surface area contributed by atoms with E-state index in [1.165, 1.54) is 23.8 Å². The number of thiophene rings is 1. The van der Waals surface area contributed by atoms with E-state index in [1.807, 2.05) is 30.5 Å². The van der Waals surface area contributed by atoms with Crippen molar-refractivity contribution in [3.63, 3.8) is 0 Å². The molecule has 0 saturated carbocycles. The van der Waals surface area contributed by atoms with Crippen LogP contribution in [0, 0.1) is 31.7 Å². The number of benzene rings is 3. The van der Waals surface area contributed by atoms with Crippen molar-refractivity contribution in [1.82, 2.24) is 9.97 Å². The molecular formula is C37H37FGeIrN2S-2. The van der Waals surface area contributed by atoms with Crippen LogP contribution in [0.3, 0.4) is 0 Å². The van der Waals surface area contributed by atoms with Gasteiger partial charge in [0.1, 0.15) is 5.82 Å². The summed E-state index contributed by atoms with van der Waals surface area (Å²) in [5.74, 6) is 6.21. The fourth-order valence-corrected chi connectivity index (χ4v) is 8.77. The minimum atomic E-state index is -2.38. The maximum Gasteiger partial charge on any atom is 0 e. The van der Waals surface area contributed by atoms with Gasteiger partial charge in [-0.1, -0.05) is 38.3 Å². The summed E-state index contributed by atoms with van der Waals surface area (Å²) in [7, 11) is 0. The topological polar surface area (TPSA) is 25.8 Å². The third-order valence-corrected chi connectivity index (χ3v) is 12.5. The fourth-order valence-electron chi connectivity index (χ4n) is 4.76. The standard InChI is InChI=1S/C21H17FNS.C16H20GeN.Ir/c1-21(2,3)13-10-11-23-17(12-13)14-6-4-7-15-19-16(22)8-5-9-18(19)24-20(14)15;1-12-6-8-14(9-7-12)16-10-13(2)15(11-18-16)17(3,4)5;/h4-5,7-12H,1-3H3;6-8,10-11H,1-5H3;/q2*-1;/i;1D3,2D3;. The van der Waals surface area contributed by atoms with Gasteiger partial charge in [-0.2, -0.15) is 11.3 Å². The smallest absolute Gasteiger partial charge is 0 e. The maximum absolute atomic E-state index is 14.3. The van der Waals surface area contributed by atoms with Crippen LogP contribution in [0.15, 0.2) is 79.1 Å². The van der Waals surface area contributed by atoms with E-state index >= 15 is 0 Å². The van der Waals surface area contributed by atoms with E-state index in [2.05, 4.69) is 66.2 Å². The zero-order valence-electron chi connectivity index (χ0n) is 31.0. The minimum Gasteiger partial charge on any atom is 0 e. The molecule has 1 radical (unpaired) electrons. The number of halogens is 1. The summed E-state index contributed by atoms with van der Waals surface area (Å²) < 4.78 is 62.8. The van der Waals surface area contributed by atoms with Crippen LogP contribution in [-0.4, -0.2) is 23.2 Å². The van der Waals surface area contributed by atoms with Crippen LogP contribution in [0.4, 0.5) is 4.39 Å². The molecule has 3 heterocycles. The van der Waals surface area contributed by atoms with Gasteiger partial charge in [-0.25, -0.2) is 4.39 Å². The van der Waals surface area contributed by atoms with Crippen molar-refractivity contribution >= 4 is 49.2 Å². The molecule has 0 N–H and O–H groups in total. The molecular weight excluding hydrogens is 788 g/mol. The summed E-state index contributed by atoms with van der Waals surface area (Å²) in [6.07, 6.45) is 3.51. The number of aromatic nitrogens is 2. The van der Waals surface area contributed by atoms with Crippen molar-refractivity contribution in [1.29, 1.82) is 0 Å². The molecule has 6 aromatic rings.